The third-order valence-corrected chi connectivity index (χ3v) is 2.56. The topological polar surface area (TPSA) is 57.2 Å². The van der Waals surface area contributed by atoms with Crippen molar-refractivity contribution in [1.82, 2.24) is 4.57 Å². The van der Waals surface area contributed by atoms with Crippen LogP contribution >= 0.6 is 0 Å². The van der Waals surface area contributed by atoms with Gasteiger partial charge in [0.1, 0.15) is 0 Å². The van der Waals surface area contributed by atoms with Gasteiger partial charge in [0, 0.05) is 31.1 Å². The molecule has 0 aromatic carbocycles. The summed E-state index contributed by atoms with van der Waals surface area (Å²) in [5, 5.41) is 0. The Hall–Kier alpha value is -1.55. The summed E-state index contributed by atoms with van der Waals surface area (Å²) >= 11 is 0. The summed E-state index contributed by atoms with van der Waals surface area (Å²) < 4.78 is 7.21. The first-order chi connectivity index (χ1) is 7.56. The number of hydrogen-bond acceptors (Lipinski definition) is 2. The van der Waals surface area contributed by atoms with E-state index in [1.807, 2.05) is 19.9 Å². The molecule has 0 saturated heterocycles. The lowest BCUT2D eigenvalue weighted by Crippen LogP contribution is -2.07. The molecule has 1 rings (SSSR count). The maximum absolute atomic E-state index is 10.7. The Balaban J connectivity index is 2.92. The van der Waals surface area contributed by atoms with E-state index in [0.29, 0.717) is 6.61 Å². The average Bonchev–Trinajstić information content (AvgIpc) is 2.49. The molecule has 0 atom stereocenters. The molecule has 0 aliphatic heterocycles. The smallest absolute Gasteiger partial charge is 0.241 e. The van der Waals surface area contributed by atoms with E-state index in [-0.39, 0.29) is 0 Å². The van der Waals surface area contributed by atoms with Crippen molar-refractivity contribution in [2.75, 3.05) is 13.7 Å². The minimum atomic E-state index is -0.429. The molecule has 2 N–H and O–H groups in total. The van der Waals surface area contributed by atoms with Crippen LogP contribution in [0, 0.1) is 13.8 Å². The molecule has 0 aliphatic carbocycles. The zero-order chi connectivity index (χ0) is 12.1. The first kappa shape index (κ1) is 12.5. The fraction of sp³-hybridized carbons (Fsp3) is 0.417. The molecule has 0 saturated carbocycles. The number of nitrogens with two attached hydrogens (primary N) is 1. The van der Waals surface area contributed by atoms with Crippen LogP contribution in [0.2, 0.25) is 0 Å². The van der Waals surface area contributed by atoms with Gasteiger partial charge in [-0.25, -0.2) is 0 Å². The molecule has 0 fully saturated rings. The highest BCUT2D eigenvalue weighted by Gasteiger charge is 2.06. The standard InChI is InChI=1S/C12H18N2O2/c1-9-8-11(4-5-12(13)15)10(2)14(9)6-7-16-3/h4-5,8H,6-7H2,1-3H3,(H2,13,15)/b5-4-. The average molecular weight is 222 g/mol. The number of methoxy groups -OCH3 is 1. The number of carbonyl (C=O) groups is 1. The van der Waals surface area contributed by atoms with Gasteiger partial charge in [-0.15, -0.1) is 0 Å². The maximum atomic E-state index is 10.7. The summed E-state index contributed by atoms with van der Waals surface area (Å²) in [6, 6.07) is 2.03. The van der Waals surface area contributed by atoms with Gasteiger partial charge < -0.3 is 15.0 Å². The van der Waals surface area contributed by atoms with Crippen molar-refractivity contribution >= 4 is 12.0 Å². The molecule has 0 spiro atoms. The zero-order valence-corrected chi connectivity index (χ0v) is 9.99. The quantitative estimate of drug-likeness (QED) is 0.762. The largest absolute Gasteiger partial charge is 0.383 e. The number of carbonyl (C=O) groups excluding carboxylic acids is 1. The first-order valence-corrected chi connectivity index (χ1v) is 5.19. The Morgan fingerprint density at radius 1 is 1.56 bits per heavy atom. The second kappa shape index (κ2) is 5.51. The van der Waals surface area contributed by atoms with Gasteiger partial charge in [0.15, 0.2) is 0 Å². The monoisotopic (exact) mass is 222 g/mol. The lowest BCUT2D eigenvalue weighted by molar-refractivity contribution is -0.113. The second-order valence-electron chi connectivity index (χ2n) is 3.71. The van der Waals surface area contributed by atoms with Crippen molar-refractivity contribution in [3.05, 3.63) is 29.1 Å². The van der Waals surface area contributed by atoms with E-state index in [1.54, 1.807) is 13.2 Å². The number of amides is 1. The van der Waals surface area contributed by atoms with Crippen LogP contribution in [-0.4, -0.2) is 24.2 Å². The van der Waals surface area contributed by atoms with Crippen molar-refractivity contribution in [1.29, 1.82) is 0 Å². The van der Waals surface area contributed by atoms with Crippen molar-refractivity contribution in [3.8, 4) is 0 Å². The Bertz CT molecular complexity index is 405. The van der Waals surface area contributed by atoms with Gasteiger partial charge in [0.25, 0.3) is 0 Å². The summed E-state index contributed by atoms with van der Waals surface area (Å²) in [5.74, 6) is -0.429. The molecule has 1 amide bonds. The van der Waals surface area contributed by atoms with Crippen LogP contribution in [-0.2, 0) is 16.1 Å². The number of nitrogens with zero attached hydrogens (tertiary/aromatic N) is 1. The van der Waals surface area contributed by atoms with Crippen molar-refractivity contribution in [2.45, 2.75) is 20.4 Å². The van der Waals surface area contributed by atoms with Crippen molar-refractivity contribution in [2.24, 2.45) is 5.73 Å². The molecule has 88 valence electrons. The van der Waals surface area contributed by atoms with Gasteiger partial charge in [-0.2, -0.15) is 0 Å². The Kier molecular flexibility index (Phi) is 4.31. The number of primary amides is 1. The lowest BCUT2D eigenvalue weighted by atomic mass is 10.2. The molecule has 4 heteroatoms. The van der Waals surface area contributed by atoms with E-state index >= 15 is 0 Å². The predicted octanol–water partition coefficient (Wildman–Crippen LogP) is 1.25. The number of aryl methyl sites for hydroxylation is 1. The van der Waals surface area contributed by atoms with Crippen LogP contribution in [0.5, 0.6) is 0 Å². The molecular weight excluding hydrogens is 204 g/mol. The first-order valence-electron chi connectivity index (χ1n) is 5.19. The molecule has 1 aromatic rings. The van der Waals surface area contributed by atoms with E-state index in [9.17, 15) is 4.79 Å². The fourth-order valence-electron chi connectivity index (χ4n) is 1.70. The van der Waals surface area contributed by atoms with Crippen LogP contribution in [0.1, 0.15) is 17.0 Å². The molecular formula is C12H18N2O2. The van der Waals surface area contributed by atoms with Gasteiger partial charge in [0.05, 0.1) is 6.61 Å². The van der Waals surface area contributed by atoms with Crippen LogP contribution < -0.4 is 5.73 Å². The predicted molar refractivity (Wildman–Crippen MR) is 64.0 cm³/mol. The van der Waals surface area contributed by atoms with Gasteiger partial charge in [-0.3, -0.25) is 4.79 Å². The lowest BCUT2D eigenvalue weighted by Gasteiger charge is -2.08. The van der Waals surface area contributed by atoms with Crippen molar-refractivity contribution < 1.29 is 9.53 Å². The highest BCUT2D eigenvalue weighted by atomic mass is 16.5. The van der Waals surface area contributed by atoms with E-state index in [2.05, 4.69) is 4.57 Å². The van der Waals surface area contributed by atoms with Gasteiger partial charge >= 0.3 is 0 Å². The van der Waals surface area contributed by atoms with E-state index < -0.39 is 5.91 Å². The van der Waals surface area contributed by atoms with E-state index in [0.717, 1.165) is 23.5 Å². The number of hydrogen-bond donors (Lipinski definition) is 1. The summed E-state index contributed by atoms with van der Waals surface area (Å²) in [6.45, 7) is 5.54. The Morgan fingerprint density at radius 2 is 2.25 bits per heavy atom. The third-order valence-electron chi connectivity index (χ3n) is 2.56. The fourth-order valence-corrected chi connectivity index (χ4v) is 1.70. The highest BCUT2D eigenvalue weighted by molar-refractivity contribution is 5.90. The minimum absolute atomic E-state index is 0.429. The SMILES string of the molecule is COCCn1c(C)cc(/C=C\C(N)=O)c1C. The Morgan fingerprint density at radius 3 is 2.81 bits per heavy atom. The molecule has 1 aromatic heterocycles. The summed E-state index contributed by atoms with van der Waals surface area (Å²) in [7, 11) is 1.68. The minimum Gasteiger partial charge on any atom is -0.383 e. The zero-order valence-electron chi connectivity index (χ0n) is 9.99. The molecule has 0 bridgehead atoms. The highest BCUT2D eigenvalue weighted by Crippen LogP contribution is 2.16. The second-order valence-corrected chi connectivity index (χ2v) is 3.71. The number of aromatic nitrogens is 1. The van der Waals surface area contributed by atoms with Crippen LogP contribution in [0.3, 0.4) is 0 Å². The van der Waals surface area contributed by atoms with E-state index in [4.69, 9.17) is 10.5 Å². The molecule has 0 radical (unpaired) electrons. The van der Waals surface area contributed by atoms with Crippen LogP contribution in [0.15, 0.2) is 12.1 Å². The normalized spacial score (nSPS) is 11.2. The van der Waals surface area contributed by atoms with Gasteiger partial charge in [-0.1, -0.05) is 0 Å². The van der Waals surface area contributed by atoms with Gasteiger partial charge in [-0.05, 0) is 31.6 Å². The summed E-state index contributed by atoms with van der Waals surface area (Å²) in [6.07, 6.45) is 3.12. The number of rotatable bonds is 5. The van der Waals surface area contributed by atoms with Crippen LogP contribution in [0.4, 0.5) is 0 Å². The third kappa shape index (κ3) is 2.97. The molecule has 0 aliphatic rings. The summed E-state index contributed by atoms with van der Waals surface area (Å²) in [5.41, 5.74) is 8.35. The Labute approximate surface area is 95.7 Å². The number of ether oxygens (including phenoxy) is 1. The molecule has 4 nitrogen and oxygen atoms in total. The van der Waals surface area contributed by atoms with E-state index in [1.165, 1.54) is 6.08 Å². The van der Waals surface area contributed by atoms with Gasteiger partial charge in [0.2, 0.25) is 5.91 Å². The summed E-state index contributed by atoms with van der Waals surface area (Å²) in [4.78, 5) is 10.7. The molecule has 0 unspecified atom stereocenters. The van der Waals surface area contributed by atoms with Crippen molar-refractivity contribution in [3.63, 3.8) is 0 Å². The molecule has 1 heterocycles. The van der Waals surface area contributed by atoms with Crippen LogP contribution in [0.25, 0.3) is 6.08 Å². The molecule has 16 heavy (non-hydrogen) atoms. The maximum Gasteiger partial charge on any atom is 0.241 e.